The van der Waals surface area contributed by atoms with Crippen LogP contribution in [-0.2, 0) is 0 Å². The molecule has 0 bridgehead atoms. The molecule has 3 heteroatoms. The highest BCUT2D eigenvalue weighted by Crippen LogP contribution is 2.35. The van der Waals surface area contributed by atoms with Gasteiger partial charge in [-0.1, -0.05) is 6.08 Å². The minimum Gasteiger partial charge on any atom is -0.294 e. The summed E-state index contributed by atoms with van der Waals surface area (Å²) in [5, 5.41) is 9.13. The zero-order chi connectivity index (χ0) is 9.97. The van der Waals surface area contributed by atoms with Gasteiger partial charge in [-0.2, -0.15) is 5.26 Å². The maximum atomic E-state index is 9.13. The van der Waals surface area contributed by atoms with Crippen LogP contribution < -0.4 is 0 Å². The molecule has 0 saturated carbocycles. The second kappa shape index (κ2) is 4.37. The Labute approximate surface area is 90.0 Å². The summed E-state index contributed by atoms with van der Waals surface area (Å²) >= 11 is 1.82. The first-order valence-corrected chi connectivity index (χ1v) is 6.47. The van der Waals surface area contributed by atoms with Crippen molar-refractivity contribution in [2.45, 2.75) is 25.3 Å². The maximum Gasteiger partial charge on any atom is 0.0676 e. The summed E-state index contributed by atoms with van der Waals surface area (Å²) in [7, 11) is 0. The molecule has 0 aliphatic carbocycles. The topological polar surface area (TPSA) is 27.0 Å². The first-order chi connectivity index (χ1) is 6.86. The molecule has 1 fully saturated rings. The second-order valence-electron chi connectivity index (χ2n) is 3.96. The van der Waals surface area contributed by atoms with Gasteiger partial charge in [-0.15, -0.1) is 11.8 Å². The summed E-state index contributed by atoms with van der Waals surface area (Å²) in [6, 6.07) is 2.89. The molecule has 1 saturated heterocycles. The van der Waals surface area contributed by atoms with E-state index in [1.807, 2.05) is 11.8 Å². The molecule has 2 heterocycles. The summed E-state index contributed by atoms with van der Waals surface area (Å²) < 4.78 is 0. The van der Waals surface area contributed by atoms with E-state index >= 15 is 0 Å². The molecule has 0 unspecified atom stereocenters. The van der Waals surface area contributed by atoms with Gasteiger partial charge in [0.25, 0.3) is 0 Å². The molecule has 76 valence electrons. The Hall–Kier alpha value is -0.460. The third-order valence-electron chi connectivity index (χ3n) is 3.19. The van der Waals surface area contributed by atoms with Gasteiger partial charge in [0.1, 0.15) is 0 Å². The first kappa shape index (κ1) is 10.1. The average Bonchev–Trinajstić information content (AvgIpc) is 2.27. The monoisotopic (exact) mass is 208 g/mol. The standard InChI is InChI=1S/C11H16N2S/c1-14-10-5-3-7-13-6-2-4-9(8-12)11(10)13/h5,9,11H,2-4,6-7H2,1H3/t9-,11-/m0/s1. The van der Waals surface area contributed by atoms with Gasteiger partial charge in [-0.25, -0.2) is 0 Å². The van der Waals surface area contributed by atoms with Crippen molar-refractivity contribution >= 4 is 11.8 Å². The molecule has 2 nitrogen and oxygen atoms in total. The molecule has 2 atom stereocenters. The van der Waals surface area contributed by atoms with E-state index in [9.17, 15) is 0 Å². The zero-order valence-electron chi connectivity index (χ0n) is 8.57. The van der Waals surface area contributed by atoms with Crippen molar-refractivity contribution in [1.82, 2.24) is 4.90 Å². The fraction of sp³-hybridized carbons (Fsp3) is 0.727. The molecule has 0 N–H and O–H groups in total. The van der Waals surface area contributed by atoms with E-state index in [4.69, 9.17) is 5.26 Å². The smallest absolute Gasteiger partial charge is 0.0676 e. The SMILES string of the molecule is CSC1=CCCN2CCC[C@@H](C#N)[C@@H]12. The van der Waals surface area contributed by atoms with Crippen molar-refractivity contribution in [2.24, 2.45) is 5.92 Å². The Balaban J connectivity index is 2.22. The number of rotatable bonds is 1. The molecule has 2 aliphatic rings. The molecule has 0 aromatic heterocycles. The summed E-state index contributed by atoms with van der Waals surface area (Å²) in [6.07, 6.45) is 7.87. The van der Waals surface area contributed by atoms with Crippen LogP contribution in [0.2, 0.25) is 0 Å². The molecule has 0 aromatic rings. The van der Waals surface area contributed by atoms with E-state index in [0.29, 0.717) is 6.04 Å². The van der Waals surface area contributed by atoms with Crippen LogP contribution in [0.4, 0.5) is 0 Å². The molecule has 14 heavy (non-hydrogen) atoms. The normalized spacial score (nSPS) is 33.0. The van der Waals surface area contributed by atoms with Crippen LogP contribution in [0.1, 0.15) is 19.3 Å². The Bertz CT molecular complexity index is 280. The molecule has 2 rings (SSSR count). The van der Waals surface area contributed by atoms with E-state index in [1.165, 1.54) is 17.9 Å². The van der Waals surface area contributed by atoms with E-state index < -0.39 is 0 Å². The molecule has 0 amide bonds. The third-order valence-corrected chi connectivity index (χ3v) is 4.07. The molecular weight excluding hydrogens is 192 g/mol. The predicted molar refractivity (Wildman–Crippen MR) is 59.9 cm³/mol. The molecule has 2 aliphatic heterocycles. The summed E-state index contributed by atoms with van der Waals surface area (Å²) in [6.45, 7) is 2.33. The van der Waals surface area contributed by atoms with Gasteiger partial charge in [-0.3, -0.25) is 4.90 Å². The van der Waals surface area contributed by atoms with Crippen molar-refractivity contribution in [3.05, 3.63) is 11.0 Å². The van der Waals surface area contributed by atoms with E-state index in [-0.39, 0.29) is 5.92 Å². The highest BCUT2D eigenvalue weighted by Gasteiger charge is 2.35. The molecular formula is C11H16N2S. The summed E-state index contributed by atoms with van der Waals surface area (Å²) in [5.41, 5.74) is 0. The first-order valence-electron chi connectivity index (χ1n) is 5.24. The van der Waals surface area contributed by atoms with Crippen LogP contribution in [0, 0.1) is 17.2 Å². The van der Waals surface area contributed by atoms with Crippen LogP contribution in [-0.4, -0.2) is 30.3 Å². The molecule has 0 spiro atoms. The summed E-state index contributed by atoms with van der Waals surface area (Å²) in [5.74, 6) is 0.225. The van der Waals surface area contributed by atoms with Crippen LogP contribution in [0.15, 0.2) is 11.0 Å². The zero-order valence-corrected chi connectivity index (χ0v) is 9.39. The average molecular weight is 208 g/mol. The van der Waals surface area contributed by atoms with Gasteiger partial charge >= 0.3 is 0 Å². The van der Waals surface area contributed by atoms with Crippen LogP contribution >= 0.6 is 11.8 Å². The van der Waals surface area contributed by atoms with Gasteiger partial charge in [0, 0.05) is 6.54 Å². The Morgan fingerprint density at radius 3 is 3.14 bits per heavy atom. The van der Waals surface area contributed by atoms with Gasteiger partial charge in [0.2, 0.25) is 0 Å². The Kier molecular flexibility index (Phi) is 3.15. The largest absolute Gasteiger partial charge is 0.294 e. The number of nitriles is 1. The number of piperidine rings is 1. The minimum atomic E-state index is 0.225. The molecule has 0 radical (unpaired) electrons. The quantitative estimate of drug-likeness (QED) is 0.661. The number of thioether (sulfide) groups is 1. The van der Waals surface area contributed by atoms with Gasteiger partial charge in [0.15, 0.2) is 0 Å². The number of fused-ring (bicyclic) bond motifs is 1. The van der Waals surface area contributed by atoms with Crippen molar-refractivity contribution in [1.29, 1.82) is 5.26 Å². The number of nitrogens with zero attached hydrogens (tertiary/aromatic N) is 2. The fourth-order valence-corrected chi connectivity index (χ4v) is 3.37. The molecule has 0 aromatic carbocycles. The van der Waals surface area contributed by atoms with Crippen LogP contribution in [0.3, 0.4) is 0 Å². The van der Waals surface area contributed by atoms with Crippen LogP contribution in [0.5, 0.6) is 0 Å². The second-order valence-corrected chi connectivity index (χ2v) is 4.84. The van der Waals surface area contributed by atoms with E-state index in [2.05, 4.69) is 23.3 Å². The van der Waals surface area contributed by atoms with Crippen molar-refractivity contribution in [3.8, 4) is 6.07 Å². The van der Waals surface area contributed by atoms with Crippen LogP contribution in [0.25, 0.3) is 0 Å². The number of hydrogen-bond donors (Lipinski definition) is 0. The highest BCUT2D eigenvalue weighted by atomic mass is 32.2. The number of hydrogen-bond acceptors (Lipinski definition) is 3. The van der Waals surface area contributed by atoms with Crippen molar-refractivity contribution in [3.63, 3.8) is 0 Å². The lowest BCUT2D eigenvalue weighted by Gasteiger charge is -2.41. The predicted octanol–water partition coefficient (Wildman–Crippen LogP) is 2.24. The van der Waals surface area contributed by atoms with Crippen molar-refractivity contribution in [2.75, 3.05) is 19.3 Å². The Morgan fingerprint density at radius 2 is 2.43 bits per heavy atom. The summed E-state index contributed by atoms with van der Waals surface area (Å²) in [4.78, 5) is 3.91. The lowest BCUT2D eigenvalue weighted by molar-refractivity contribution is 0.141. The lowest BCUT2D eigenvalue weighted by atomic mass is 9.88. The van der Waals surface area contributed by atoms with Gasteiger partial charge in [-0.05, 0) is 37.0 Å². The van der Waals surface area contributed by atoms with Gasteiger partial charge in [0.05, 0.1) is 18.0 Å². The van der Waals surface area contributed by atoms with Crippen molar-refractivity contribution < 1.29 is 0 Å². The third kappa shape index (κ3) is 1.69. The minimum absolute atomic E-state index is 0.225. The lowest BCUT2D eigenvalue weighted by Crippen LogP contribution is -2.47. The Morgan fingerprint density at radius 1 is 1.57 bits per heavy atom. The van der Waals surface area contributed by atoms with E-state index in [1.54, 1.807) is 0 Å². The highest BCUT2D eigenvalue weighted by molar-refractivity contribution is 8.02. The van der Waals surface area contributed by atoms with Gasteiger partial charge < -0.3 is 0 Å². The maximum absolute atomic E-state index is 9.13. The van der Waals surface area contributed by atoms with E-state index in [0.717, 1.165) is 19.4 Å². The fourth-order valence-electron chi connectivity index (χ4n) is 2.53.